The zero-order valence-electron chi connectivity index (χ0n) is 10.8. The van der Waals surface area contributed by atoms with Crippen LogP contribution in [-0.4, -0.2) is 9.97 Å². The van der Waals surface area contributed by atoms with E-state index >= 15 is 0 Å². The fraction of sp³-hybridized carbons (Fsp3) is 0.286. The molecule has 2 rings (SSSR count). The molecule has 1 aromatic carbocycles. The minimum atomic E-state index is 0.555. The highest BCUT2D eigenvalue weighted by atomic mass is 35.5. The van der Waals surface area contributed by atoms with Gasteiger partial charge in [-0.15, -0.1) is 0 Å². The van der Waals surface area contributed by atoms with E-state index in [1.54, 1.807) is 6.07 Å². The molecule has 5 heteroatoms. The van der Waals surface area contributed by atoms with Gasteiger partial charge in [-0.05, 0) is 31.0 Å². The van der Waals surface area contributed by atoms with Crippen LogP contribution in [0.1, 0.15) is 29.6 Å². The summed E-state index contributed by atoms with van der Waals surface area (Å²) in [5.41, 5.74) is 3.24. The van der Waals surface area contributed by atoms with Gasteiger partial charge < -0.3 is 4.98 Å². The van der Waals surface area contributed by atoms with Gasteiger partial charge in [0.25, 0.3) is 0 Å². The predicted molar refractivity (Wildman–Crippen MR) is 82.8 cm³/mol. The van der Waals surface area contributed by atoms with Gasteiger partial charge in [-0.25, -0.2) is 4.98 Å². The summed E-state index contributed by atoms with van der Waals surface area (Å²) in [6, 6.07) is 5.59. The fourth-order valence-electron chi connectivity index (χ4n) is 2.01. The van der Waals surface area contributed by atoms with Crippen LogP contribution in [0.2, 0.25) is 10.0 Å². The summed E-state index contributed by atoms with van der Waals surface area (Å²) in [4.78, 5) is 7.73. The zero-order chi connectivity index (χ0) is 14.0. The molecule has 0 fully saturated rings. The van der Waals surface area contributed by atoms with Crippen molar-refractivity contribution < 1.29 is 0 Å². The molecule has 0 saturated carbocycles. The minimum absolute atomic E-state index is 0.555. The first-order chi connectivity index (χ1) is 9.01. The molecule has 0 amide bonds. The van der Waals surface area contributed by atoms with E-state index in [0.29, 0.717) is 21.1 Å². The molecule has 0 aliphatic heterocycles. The van der Waals surface area contributed by atoms with Gasteiger partial charge in [0.1, 0.15) is 10.5 Å². The monoisotopic (exact) mass is 312 g/mol. The molecule has 19 heavy (non-hydrogen) atoms. The second-order valence-electron chi connectivity index (χ2n) is 4.37. The van der Waals surface area contributed by atoms with Crippen LogP contribution >= 0.6 is 35.4 Å². The van der Waals surface area contributed by atoms with Crippen molar-refractivity contribution in [2.24, 2.45) is 0 Å². The number of hydrogen-bond donors (Lipinski definition) is 1. The van der Waals surface area contributed by atoms with Crippen LogP contribution in [0.5, 0.6) is 0 Å². The van der Waals surface area contributed by atoms with Crippen molar-refractivity contribution in [2.45, 2.75) is 26.7 Å². The number of H-pyrrole nitrogens is 1. The maximum Gasteiger partial charge on any atom is 0.133 e. The lowest BCUT2D eigenvalue weighted by molar-refractivity contribution is 0.895. The summed E-state index contributed by atoms with van der Waals surface area (Å²) in [6.07, 6.45) is 1.55. The van der Waals surface area contributed by atoms with E-state index in [1.807, 2.05) is 19.1 Å². The largest absolute Gasteiger partial charge is 0.347 e. The second-order valence-corrected chi connectivity index (χ2v) is 5.57. The van der Waals surface area contributed by atoms with Gasteiger partial charge in [-0.2, -0.15) is 0 Å². The van der Waals surface area contributed by atoms with E-state index in [1.165, 1.54) is 0 Å². The lowest BCUT2D eigenvalue weighted by atomic mass is 10.1. The standard InChI is InChI=1S/C14H14Cl2N2S/c1-3-10-8(2)17-13(18-14(10)19)7-9-4-5-11(15)12(16)6-9/h4-6H,3,7H2,1-2H3,(H,17,18,19). The van der Waals surface area contributed by atoms with Crippen LogP contribution in [0.25, 0.3) is 0 Å². The van der Waals surface area contributed by atoms with E-state index in [2.05, 4.69) is 16.9 Å². The molecule has 0 spiro atoms. The van der Waals surface area contributed by atoms with Crippen molar-refractivity contribution in [3.8, 4) is 0 Å². The van der Waals surface area contributed by atoms with E-state index in [4.69, 9.17) is 35.4 Å². The third-order valence-corrected chi connectivity index (χ3v) is 4.06. The topological polar surface area (TPSA) is 28.7 Å². The van der Waals surface area contributed by atoms with Crippen molar-refractivity contribution in [3.63, 3.8) is 0 Å². The number of aromatic nitrogens is 2. The zero-order valence-corrected chi connectivity index (χ0v) is 13.1. The predicted octanol–water partition coefficient (Wildman–Crippen LogP) is 4.91. The van der Waals surface area contributed by atoms with Crippen LogP contribution in [0, 0.1) is 11.6 Å². The number of aryl methyl sites for hydroxylation is 1. The number of halogens is 2. The Hall–Kier alpha value is -0.900. The minimum Gasteiger partial charge on any atom is -0.347 e. The maximum atomic E-state index is 6.01. The summed E-state index contributed by atoms with van der Waals surface area (Å²) < 4.78 is 0.675. The molecular weight excluding hydrogens is 299 g/mol. The maximum absolute atomic E-state index is 6.01. The average Bonchev–Trinajstić information content (AvgIpc) is 2.33. The molecule has 2 aromatic rings. The summed E-state index contributed by atoms with van der Waals surface area (Å²) in [6.45, 7) is 4.10. The quantitative estimate of drug-likeness (QED) is 0.816. The number of hydrogen-bond acceptors (Lipinski definition) is 2. The second kappa shape index (κ2) is 6.04. The Morgan fingerprint density at radius 1 is 1.26 bits per heavy atom. The van der Waals surface area contributed by atoms with Gasteiger partial charge in [-0.3, -0.25) is 0 Å². The number of benzene rings is 1. The summed E-state index contributed by atoms with van der Waals surface area (Å²) in [7, 11) is 0. The SMILES string of the molecule is CCc1c(C)[nH]c(Cc2ccc(Cl)c(Cl)c2)nc1=S. The third-order valence-electron chi connectivity index (χ3n) is 2.99. The van der Waals surface area contributed by atoms with Crippen LogP contribution in [0.3, 0.4) is 0 Å². The molecule has 100 valence electrons. The Kier molecular flexibility index (Phi) is 4.61. The molecule has 1 N–H and O–H groups in total. The molecule has 0 saturated heterocycles. The summed E-state index contributed by atoms with van der Waals surface area (Å²) in [5, 5.41) is 1.11. The lowest BCUT2D eigenvalue weighted by Crippen LogP contribution is -2.03. The van der Waals surface area contributed by atoms with Crippen molar-refractivity contribution in [3.05, 3.63) is 55.5 Å². The summed E-state index contributed by atoms with van der Waals surface area (Å²) >= 11 is 17.2. The number of aromatic amines is 1. The Balaban J connectivity index is 2.33. The first kappa shape index (κ1) is 14.5. The highest BCUT2D eigenvalue weighted by Crippen LogP contribution is 2.23. The van der Waals surface area contributed by atoms with E-state index < -0.39 is 0 Å². The van der Waals surface area contributed by atoms with Gasteiger partial charge >= 0.3 is 0 Å². The van der Waals surface area contributed by atoms with E-state index in [-0.39, 0.29) is 0 Å². The van der Waals surface area contributed by atoms with Gasteiger partial charge in [0.15, 0.2) is 0 Å². The molecule has 1 heterocycles. The Labute approximate surface area is 127 Å². The Morgan fingerprint density at radius 3 is 2.58 bits per heavy atom. The first-order valence-corrected chi connectivity index (χ1v) is 7.20. The van der Waals surface area contributed by atoms with Crippen LogP contribution in [0.4, 0.5) is 0 Å². The smallest absolute Gasteiger partial charge is 0.133 e. The molecule has 0 atom stereocenters. The molecule has 0 aliphatic carbocycles. The van der Waals surface area contributed by atoms with Crippen LogP contribution in [-0.2, 0) is 12.8 Å². The normalized spacial score (nSPS) is 10.7. The highest BCUT2D eigenvalue weighted by molar-refractivity contribution is 7.71. The molecule has 2 nitrogen and oxygen atoms in total. The van der Waals surface area contributed by atoms with Gasteiger partial charge in [0, 0.05) is 17.7 Å². The molecule has 1 aromatic heterocycles. The number of nitrogens with zero attached hydrogens (tertiary/aromatic N) is 1. The van der Waals surface area contributed by atoms with Crippen LogP contribution in [0.15, 0.2) is 18.2 Å². The molecular formula is C14H14Cl2N2S. The molecule has 0 unspecified atom stereocenters. The Morgan fingerprint density at radius 2 is 2.00 bits per heavy atom. The van der Waals surface area contributed by atoms with Gasteiger partial charge in [-0.1, -0.05) is 48.4 Å². The van der Waals surface area contributed by atoms with Gasteiger partial charge in [0.2, 0.25) is 0 Å². The van der Waals surface area contributed by atoms with Crippen molar-refractivity contribution in [1.29, 1.82) is 0 Å². The van der Waals surface area contributed by atoms with E-state index in [0.717, 1.165) is 29.1 Å². The van der Waals surface area contributed by atoms with Crippen molar-refractivity contribution in [2.75, 3.05) is 0 Å². The highest BCUT2D eigenvalue weighted by Gasteiger charge is 2.06. The van der Waals surface area contributed by atoms with Gasteiger partial charge in [0.05, 0.1) is 10.0 Å². The fourth-order valence-corrected chi connectivity index (χ4v) is 2.74. The third kappa shape index (κ3) is 3.35. The lowest BCUT2D eigenvalue weighted by Gasteiger charge is -2.08. The van der Waals surface area contributed by atoms with Crippen LogP contribution < -0.4 is 0 Å². The molecule has 0 radical (unpaired) electrons. The van der Waals surface area contributed by atoms with E-state index in [9.17, 15) is 0 Å². The number of rotatable bonds is 3. The number of nitrogens with one attached hydrogen (secondary N) is 1. The first-order valence-electron chi connectivity index (χ1n) is 6.04. The van der Waals surface area contributed by atoms with Crippen molar-refractivity contribution >= 4 is 35.4 Å². The van der Waals surface area contributed by atoms with Crippen molar-refractivity contribution in [1.82, 2.24) is 9.97 Å². The molecule has 0 aliphatic rings. The average molecular weight is 313 g/mol. The summed E-state index contributed by atoms with van der Waals surface area (Å²) in [5.74, 6) is 0.845. The Bertz CT molecular complexity index is 665. The molecule has 0 bridgehead atoms.